The summed E-state index contributed by atoms with van der Waals surface area (Å²) in [5.74, 6) is -0.934. The lowest BCUT2D eigenvalue weighted by Gasteiger charge is -2.30. The van der Waals surface area contributed by atoms with Crippen molar-refractivity contribution in [1.82, 2.24) is 9.78 Å². The Balaban J connectivity index is 2.12. The molecule has 0 fully saturated rings. The first-order chi connectivity index (χ1) is 10.1. The molecule has 1 heterocycles. The number of carboxylic acid groups (broad SMARTS) is 1. The highest BCUT2D eigenvalue weighted by atomic mass is 28.3. The summed E-state index contributed by atoms with van der Waals surface area (Å²) in [6.07, 6.45) is 2.65. The SMILES string of the molecule is CC1(C)CCc2c(C(=O)O)nn(COCC[Si](C)(C)C)c2C1. The lowest BCUT2D eigenvalue weighted by Crippen LogP contribution is -2.25. The molecule has 0 radical (unpaired) electrons. The van der Waals surface area contributed by atoms with Crippen molar-refractivity contribution in [2.75, 3.05) is 6.61 Å². The van der Waals surface area contributed by atoms with E-state index in [4.69, 9.17) is 4.74 Å². The molecule has 0 saturated carbocycles. The average molecular weight is 324 g/mol. The number of hydrogen-bond acceptors (Lipinski definition) is 3. The van der Waals surface area contributed by atoms with Crippen LogP contribution in [0.15, 0.2) is 0 Å². The first-order valence-electron chi connectivity index (χ1n) is 7.99. The van der Waals surface area contributed by atoms with E-state index in [1.54, 1.807) is 4.68 Å². The molecule has 0 bridgehead atoms. The zero-order chi connectivity index (χ0) is 16.5. The fourth-order valence-corrected chi connectivity index (χ4v) is 3.56. The number of hydrogen-bond donors (Lipinski definition) is 1. The molecule has 2 rings (SSSR count). The van der Waals surface area contributed by atoms with E-state index >= 15 is 0 Å². The Bertz CT molecular complexity index is 558. The van der Waals surface area contributed by atoms with Crippen molar-refractivity contribution in [3.63, 3.8) is 0 Å². The van der Waals surface area contributed by atoms with Crippen LogP contribution in [0.2, 0.25) is 25.7 Å². The molecule has 124 valence electrons. The topological polar surface area (TPSA) is 64.3 Å². The molecule has 1 aromatic rings. The van der Waals surface area contributed by atoms with E-state index in [1.807, 2.05) is 0 Å². The van der Waals surface area contributed by atoms with Gasteiger partial charge in [0.2, 0.25) is 0 Å². The van der Waals surface area contributed by atoms with E-state index in [2.05, 4.69) is 38.6 Å². The Morgan fingerprint density at radius 3 is 2.68 bits per heavy atom. The largest absolute Gasteiger partial charge is 0.476 e. The highest BCUT2D eigenvalue weighted by Gasteiger charge is 2.32. The number of fused-ring (bicyclic) bond motifs is 1. The Labute approximate surface area is 133 Å². The molecule has 0 spiro atoms. The summed E-state index contributed by atoms with van der Waals surface area (Å²) in [5.41, 5.74) is 2.35. The summed E-state index contributed by atoms with van der Waals surface area (Å²) < 4.78 is 7.53. The molecule has 0 unspecified atom stereocenters. The molecule has 0 saturated heterocycles. The minimum Gasteiger partial charge on any atom is -0.476 e. The van der Waals surface area contributed by atoms with Crippen LogP contribution >= 0.6 is 0 Å². The Kier molecular flexibility index (Phi) is 4.82. The molecule has 0 amide bonds. The van der Waals surface area contributed by atoms with Gasteiger partial charge in [-0.25, -0.2) is 9.48 Å². The summed E-state index contributed by atoms with van der Waals surface area (Å²) >= 11 is 0. The lowest BCUT2D eigenvalue weighted by atomic mass is 9.76. The van der Waals surface area contributed by atoms with E-state index in [1.165, 1.54) is 0 Å². The second-order valence-electron chi connectivity index (χ2n) is 8.27. The molecule has 0 aromatic carbocycles. The average Bonchev–Trinajstić information content (AvgIpc) is 2.70. The van der Waals surface area contributed by atoms with Gasteiger partial charge in [0.05, 0.1) is 0 Å². The monoisotopic (exact) mass is 324 g/mol. The number of carboxylic acids is 1. The van der Waals surface area contributed by atoms with E-state index in [0.717, 1.165) is 43.2 Å². The standard InChI is InChI=1S/C16H28N2O3Si/c1-16(2)7-6-12-13(10-16)18(17-14(12)15(19)20)11-21-8-9-22(3,4)5/h6-11H2,1-5H3,(H,19,20). The van der Waals surface area contributed by atoms with Gasteiger partial charge in [-0.05, 0) is 30.7 Å². The number of carbonyl (C=O) groups is 1. The van der Waals surface area contributed by atoms with Crippen molar-refractivity contribution in [3.05, 3.63) is 17.0 Å². The van der Waals surface area contributed by atoms with Crippen molar-refractivity contribution in [3.8, 4) is 0 Å². The highest BCUT2D eigenvalue weighted by molar-refractivity contribution is 6.76. The molecule has 1 aromatic heterocycles. The number of aromatic carboxylic acids is 1. The maximum Gasteiger partial charge on any atom is 0.356 e. The first kappa shape index (κ1) is 17.2. The summed E-state index contributed by atoms with van der Waals surface area (Å²) in [4.78, 5) is 11.4. The van der Waals surface area contributed by atoms with Crippen LogP contribution in [0, 0.1) is 5.41 Å². The van der Waals surface area contributed by atoms with Crippen LogP contribution in [0.4, 0.5) is 0 Å². The molecule has 0 atom stereocenters. The van der Waals surface area contributed by atoms with Gasteiger partial charge in [0.1, 0.15) is 6.73 Å². The molecule has 6 heteroatoms. The third kappa shape index (κ3) is 4.20. The van der Waals surface area contributed by atoms with Gasteiger partial charge in [-0.3, -0.25) is 0 Å². The van der Waals surface area contributed by atoms with Crippen molar-refractivity contribution in [2.24, 2.45) is 5.41 Å². The second kappa shape index (κ2) is 6.16. The van der Waals surface area contributed by atoms with E-state index in [9.17, 15) is 9.90 Å². The maximum atomic E-state index is 11.4. The van der Waals surface area contributed by atoms with E-state index in [0.29, 0.717) is 6.73 Å². The van der Waals surface area contributed by atoms with Gasteiger partial charge in [-0.15, -0.1) is 0 Å². The van der Waals surface area contributed by atoms with Gasteiger partial charge >= 0.3 is 5.97 Å². The number of rotatable bonds is 6. The lowest BCUT2D eigenvalue weighted by molar-refractivity contribution is 0.0667. The van der Waals surface area contributed by atoms with E-state index in [-0.39, 0.29) is 11.1 Å². The van der Waals surface area contributed by atoms with Crippen molar-refractivity contribution in [2.45, 2.75) is 65.5 Å². The van der Waals surface area contributed by atoms with Crippen LogP contribution in [-0.4, -0.2) is 35.5 Å². The molecule has 1 N–H and O–H groups in total. The molecule has 5 nitrogen and oxygen atoms in total. The van der Waals surface area contributed by atoms with Crippen LogP contribution in [0.3, 0.4) is 0 Å². The summed E-state index contributed by atoms with van der Waals surface area (Å²) in [6, 6.07) is 1.10. The van der Waals surface area contributed by atoms with Crippen LogP contribution in [0.1, 0.15) is 42.0 Å². The molecular weight excluding hydrogens is 296 g/mol. The fraction of sp³-hybridized carbons (Fsp3) is 0.750. The smallest absolute Gasteiger partial charge is 0.356 e. The van der Waals surface area contributed by atoms with Gasteiger partial charge in [0, 0.05) is 25.9 Å². The molecule has 22 heavy (non-hydrogen) atoms. The van der Waals surface area contributed by atoms with E-state index < -0.39 is 14.0 Å². The van der Waals surface area contributed by atoms with Crippen LogP contribution < -0.4 is 0 Å². The summed E-state index contributed by atoms with van der Waals surface area (Å²) in [6.45, 7) is 12.5. The first-order valence-corrected chi connectivity index (χ1v) is 11.7. The zero-order valence-corrected chi connectivity index (χ0v) is 15.4. The maximum absolute atomic E-state index is 11.4. The minimum absolute atomic E-state index is 0.193. The molecular formula is C16H28N2O3Si. The Hall–Kier alpha value is -1.14. The van der Waals surface area contributed by atoms with Gasteiger partial charge in [0.15, 0.2) is 5.69 Å². The third-order valence-electron chi connectivity index (χ3n) is 4.28. The van der Waals surface area contributed by atoms with Crippen molar-refractivity contribution < 1.29 is 14.6 Å². The molecule has 0 aliphatic heterocycles. The van der Waals surface area contributed by atoms with Crippen LogP contribution in [0.5, 0.6) is 0 Å². The minimum atomic E-state index is -1.11. The van der Waals surface area contributed by atoms with Gasteiger partial charge in [-0.2, -0.15) is 5.10 Å². The quantitative estimate of drug-likeness (QED) is 0.643. The fourth-order valence-electron chi connectivity index (χ4n) is 2.81. The van der Waals surface area contributed by atoms with Crippen LogP contribution in [0.25, 0.3) is 0 Å². The molecule has 1 aliphatic carbocycles. The zero-order valence-electron chi connectivity index (χ0n) is 14.4. The Morgan fingerprint density at radius 2 is 2.09 bits per heavy atom. The summed E-state index contributed by atoms with van der Waals surface area (Å²) in [7, 11) is -1.11. The van der Waals surface area contributed by atoms with Crippen molar-refractivity contribution in [1.29, 1.82) is 0 Å². The predicted molar refractivity (Wildman–Crippen MR) is 89.1 cm³/mol. The second-order valence-corrected chi connectivity index (χ2v) is 13.9. The summed E-state index contributed by atoms with van der Waals surface area (Å²) in [5, 5.41) is 13.6. The predicted octanol–water partition coefficient (Wildman–Crippen LogP) is 3.41. The van der Waals surface area contributed by atoms with Gasteiger partial charge in [0.25, 0.3) is 0 Å². The van der Waals surface area contributed by atoms with Crippen LogP contribution in [-0.2, 0) is 24.3 Å². The normalized spacial score (nSPS) is 17.3. The number of nitrogens with zero attached hydrogens (tertiary/aromatic N) is 2. The highest BCUT2D eigenvalue weighted by Crippen LogP contribution is 2.36. The van der Waals surface area contributed by atoms with Crippen molar-refractivity contribution >= 4 is 14.0 Å². The van der Waals surface area contributed by atoms with Gasteiger partial charge < -0.3 is 9.84 Å². The third-order valence-corrected chi connectivity index (χ3v) is 5.98. The van der Waals surface area contributed by atoms with Gasteiger partial charge in [-0.1, -0.05) is 33.5 Å². The number of ether oxygens (including phenoxy) is 1. The molecule has 1 aliphatic rings. The number of aromatic nitrogens is 2. The Morgan fingerprint density at radius 1 is 1.41 bits per heavy atom.